The van der Waals surface area contributed by atoms with Crippen LogP contribution in [0.5, 0.6) is 0 Å². The van der Waals surface area contributed by atoms with E-state index in [0.717, 1.165) is 11.8 Å². The largest absolute Gasteiger partial charge is 0.314 e. The summed E-state index contributed by atoms with van der Waals surface area (Å²) in [6, 6.07) is 7.61. The molecule has 1 atom stereocenters. The van der Waals surface area contributed by atoms with Crippen LogP contribution >= 0.6 is 0 Å². The molecule has 1 saturated carbocycles. The van der Waals surface area contributed by atoms with Gasteiger partial charge in [0.25, 0.3) is 0 Å². The molecule has 112 valence electrons. The summed E-state index contributed by atoms with van der Waals surface area (Å²) in [5.74, 6) is 1.74. The summed E-state index contributed by atoms with van der Waals surface area (Å²) >= 11 is 0. The van der Waals surface area contributed by atoms with Gasteiger partial charge in [-0.1, -0.05) is 57.7 Å². The third-order valence-electron chi connectivity index (χ3n) is 4.92. The lowest BCUT2D eigenvalue weighted by Crippen LogP contribution is -2.33. The monoisotopic (exact) mass is 273 g/mol. The minimum Gasteiger partial charge on any atom is -0.314 e. The number of hydrogen-bond donors (Lipinski definition) is 1. The van der Waals surface area contributed by atoms with E-state index in [1.807, 2.05) is 0 Å². The Morgan fingerprint density at radius 1 is 1.10 bits per heavy atom. The molecule has 1 aliphatic rings. The van der Waals surface area contributed by atoms with E-state index in [2.05, 4.69) is 51.2 Å². The molecule has 1 aromatic carbocycles. The molecule has 0 heterocycles. The van der Waals surface area contributed by atoms with E-state index >= 15 is 0 Å². The number of aryl methyl sites for hydroxylation is 2. The Hall–Kier alpha value is -0.820. The highest BCUT2D eigenvalue weighted by atomic mass is 14.9. The van der Waals surface area contributed by atoms with Gasteiger partial charge in [-0.3, -0.25) is 0 Å². The zero-order chi connectivity index (χ0) is 14.5. The fourth-order valence-electron chi connectivity index (χ4n) is 3.45. The van der Waals surface area contributed by atoms with Crippen LogP contribution in [0.2, 0.25) is 0 Å². The molecule has 1 heteroatoms. The third-order valence-corrected chi connectivity index (χ3v) is 4.92. The third kappa shape index (κ3) is 4.34. The Morgan fingerprint density at radius 2 is 1.80 bits per heavy atom. The van der Waals surface area contributed by atoms with Crippen molar-refractivity contribution in [1.29, 1.82) is 0 Å². The summed E-state index contributed by atoms with van der Waals surface area (Å²) in [5, 5.41) is 3.67. The van der Waals surface area contributed by atoms with E-state index < -0.39 is 0 Å². The van der Waals surface area contributed by atoms with Gasteiger partial charge in [-0.15, -0.1) is 0 Å². The van der Waals surface area contributed by atoms with Crippen LogP contribution in [0.3, 0.4) is 0 Å². The number of nitrogens with one attached hydrogen (secondary N) is 1. The number of benzene rings is 1. The Balaban J connectivity index is 2.03. The maximum absolute atomic E-state index is 3.67. The van der Waals surface area contributed by atoms with Crippen molar-refractivity contribution in [2.24, 2.45) is 11.8 Å². The van der Waals surface area contributed by atoms with Crippen molar-refractivity contribution in [3.05, 3.63) is 34.9 Å². The lowest BCUT2D eigenvalue weighted by Gasteiger charge is -2.25. The maximum Gasteiger partial charge on any atom is 0.00104 e. The molecule has 1 N–H and O–H groups in total. The van der Waals surface area contributed by atoms with E-state index in [-0.39, 0.29) is 0 Å². The lowest BCUT2D eigenvalue weighted by molar-refractivity contribution is 0.313. The molecular weight excluding hydrogens is 242 g/mol. The second-order valence-corrected chi connectivity index (χ2v) is 6.99. The average molecular weight is 273 g/mol. The van der Waals surface area contributed by atoms with Gasteiger partial charge in [-0.05, 0) is 55.3 Å². The molecule has 20 heavy (non-hydrogen) atoms. The first kappa shape index (κ1) is 15.6. The van der Waals surface area contributed by atoms with Gasteiger partial charge in [0.1, 0.15) is 0 Å². The molecule has 0 radical (unpaired) electrons. The van der Waals surface area contributed by atoms with E-state index in [4.69, 9.17) is 0 Å². The maximum atomic E-state index is 3.67. The van der Waals surface area contributed by atoms with Crippen LogP contribution in [0, 0.1) is 25.7 Å². The van der Waals surface area contributed by atoms with Crippen molar-refractivity contribution in [3.63, 3.8) is 0 Å². The smallest absolute Gasteiger partial charge is 0.00104 e. The predicted molar refractivity (Wildman–Crippen MR) is 88.2 cm³/mol. The lowest BCUT2D eigenvalue weighted by atomic mass is 9.85. The van der Waals surface area contributed by atoms with Crippen LogP contribution in [0.1, 0.15) is 56.2 Å². The van der Waals surface area contributed by atoms with Gasteiger partial charge < -0.3 is 5.32 Å². The van der Waals surface area contributed by atoms with Crippen molar-refractivity contribution in [3.8, 4) is 0 Å². The van der Waals surface area contributed by atoms with Crippen molar-refractivity contribution >= 4 is 0 Å². The van der Waals surface area contributed by atoms with E-state index in [0.29, 0.717) is 6.04 Å². The van der Waals surface area contributed by atoms with Crippen LogP contribution in [0.15, 0.2) is 18.2 Å². The van der Waals surface area contributed by atoms with Crippen LogP contribution in [0.25, 0.3) is 0 Å². The molecule has 0 spiro atoms. The van der Waals surface area contributed by atoms with Crippen LogP contribution in [-0.4, -0.2) is 12.6 Å². The summed E-state index contributed by atoms with van der Waals surface area (Å²) in [4.78, 5) is 0. The summed E-state index contributed by atoms with van der Waals surface area (Å²) in [7, 11) is 0. The van der Waals surface area contributed by atoms with Crippen molar-refractivity contribution in [2.45, 2.75) is 65.8 Å². The first-order chi connectivity index (χ1) is 9.56. The summed E-state index contributed by atoms with van der Waals surface area (Å²) in [6.07, 6.45) is 7.00. The second kappa shape index (κ2) is 7.26. The standard InChI is InChI=1S/C19H31N/c1-14(2)20-13-19(18-7-5-6-8-18)12-17-10-9-15(3)16(4)11-17/h9-11,14,18-20H,5-8,12-13H2,1-4H3. The topological polar surface area (TPSA) is 12.0 Å². The van der Waals surface area contributed by atoms with E-state index in [9.17, 15) is 0 Å². The molecule has 0 aliphatic heterocycles. The molecule has 0 amide bonds. The van der Waals surface area contributed by atoms with E-state index in [1.54, 1.807) is 0 Å². The molecule has 1 unspecified atom stereocenters. The first-order valence-corrected chi connectivity index (χ1v) is 8.35. The van der Waals surface area contributed by atoms with Crippen molar-refractivity contribution in [1.82, 2.24) is 5.32 Å². The zero-order valence-corrected chi connectivity index (χ0v) is 13.7. The zero-order valence-electron chi connectivity index (χ0n) is 13.7. The van der Waals surface area contributed by atoms with Gasteiger partial charge in [-0.25, -0.2) is 0 Å². The average Bonchev–Trinajstić information content (AvgIpc) is 2.92. The molecule has 1 aromatic rings. The van der Waals surface area contributed by atoms with E-state index in [1.165, 1.54) is 55.3 Å². The van der Waals surface area contributed by atoms with Gasteiger partial charge in [-0.2, -0.15) is 0 Å². The summed E-state index contributed by atoms with van der Waals surface area (Å²) in [5.41, 5.74) is 4.37. The van der Waals surface area contributed by atoms with Gasteiger partial charge in [0, 0.05) is 6.04 Å². The predicted octanol–water partition coefficient (Wildman–Crippen LogP) is 4.65. The Labute approximate surface area is 125 Å². The molecule has 1 nitrogen and oxygen atoms in total. The fourth-order valence-corrected chi connectivity index (χ4v) is 3.45. The summed E-state index contributed by atoms with van der Waals surface area (Å²) < 4.78 is 0. The van der Waals surface area contributed by atoms with Crippen molar-refractivity contribution < 1.29 is 0 Å². The van der Waals surface area contributed by atoms with Gasteiger partial charge >= 0.3 is 0 Å². The minimum atomic E-state index is 0.596. The highest BCUT2D eigenvalue weighted by Gasteiger charge is 2.25. The van der Waals surface area contributed by atoms with Crippen LogP contribution < -0.4 is 5.32 Å². The molecule has 0 aromatic heterocycles. The SMILES string of the molecule is Cc1ccc(CC(CNC(C)C)C2CCCC2)cc1C. The first-order valence-electron chi connectivity index (χ1n) is 8.35. The molecule has 1 fully saturated rings. The second-order valence-electron chi connectivity index (χ2n) is 6.99. The highest BCUT2D eigenvalue weighted by Crippen LogP contribution is 2.33. The Morgan fingerprint density at radius 3 is 2.40 bits per heavy atom. The van der Waals surface area contributed by atoms with Gasteiger partial charge in [0.15, 0.2) is 0 Å². The molecule has 0 saturated heterocycles. The molecule has 0 bridgehead atoms. The minimum absolute atomic E-state index is 0.596. The fraction of sp³-hybridized carbons (Fsp3) is 0.684. The molecule has 2 rings (SSSR count). The quantitative estimate of drug-likeness (QED) is 0.795. The van der Waals surface area contributed by atoms with Crippen LogP contribution in [0.4, 0.5) is 0 Å². The van der Waals surface area contributed by atoms with Crippen LogP contribution in [-0.2, 0) is 6.42 Å². The Bertz CT molecular complexity index is 416. The normalized spacial score (nSPS) is 17.9. The van der Waals surface area contributed by atoms with Gasteiger partial charge in [0.05, 0.1) is 0 Å². The van der Waals surface area contributed by atoms with Gasteiger partial charge in [0.2, 0.25) is 0 Å². The number of hydrogen-bond acceptors (Lipinski definition) is 1. The molecular formula is C19H31N. The number of rotatable bonds is 6. The van der Waals surface area contributed by atoms with Crippen molar-refractivity contribution in [2.75, 3.05) is 6.54 Å². The Kier molecular flexibility index (Phi) is 5.65. The summed E-state index contributed by atoms with van der Waals surface area (Å²) in [6.45, 7) is 10.1. The molecule has 1 aliphatic carbocycles. The highest BCUT2D eigenvalue weighted by molar-refractivity contribution is 5.30.